The highest BCUT2D eigenvalue weighted by molar-refractivity contribution is 5.33. The molecule has 1 N–H and O–H groups in total. The van der Waals surface area contributed by atoms with E-state index in [0.717, 1.165) is 11.5 Å². The van der Waals surface area contributed by atoms with E-state index in [2.05, 4.69) is 41.7 Å². The van der Waals surface area contributed by atoms with Crippen LogP contribution in [0.15, 0.2) is 28.8 Å². The van der Waals surface area contributed by atoms with Crippen LogP contribution in [-0.4, -0.2) is 5.16 Å². The fourth-order valence-corrected chi connectivity index (χ4v) is 3.42. The Kier molecular flexibility index (Phi) is 3.62. The van der Waals surface area contributed by atoms with Gasteiger partial charge in [0, 0.05) is 17.6 Å². The minimum absolute atomic E-state index is 0.261. The van der Waals surface area contributed by atoms with Crippen LogP contribution in [0.1, 0.15) is 60.0 Å². The second-order valence-corrected chi connectivity index (χ2v) is 5.77. The molecule has 3 nitrogen and oxygen atoms in total. The molecule has 0 fully saturated rings. The lowest BCUT2D eigenvalue weighted by molar-refractivity contribution is 0.385. The molecule has 1 aromatic carbocycles. The van der Waals surface area contributed by atoms with E-state index in [1.165, 1.54) is 36.0 Å². The van der Waals surface area contributed by atoms with Crippen LogP contribution in [-0.2, 0) is 6.42 Å². The zero-order valence-corrected chi connectivity index (χ0v) is 12.4. The molecule has 106 valence electrons. The maximum atomic E-state index is 5.29. The molecule has 3 heteroatoms. The molecule has 1 aliphatic carbocycles. The quantitative estimate of drug-likeness (QED) is 0.915. The SMILES string of the molecule is Cc1noc(C)c1C(C)NC1CCCc2ccccc21. The Bertz CT molecular complexity index is 583. The van der Waals surface area contributed by atoms with Crippen molar-refractivity contribution in [2.24, 2.45) is 0 Å². The summed E-state index contributed by atoms with van der Waals surface area (Å²) >= 11 is 0. The predicted molar refractivity (Wildman–Crippen MR) is 79.6 cm³/mol. The molecule has 0 radical (unpaired) electrons. The lowest BCUT2D eigenvalue weighted by atomic mass is 9.87. The summed E-state index contributed by atoms with van der Waals surface area (Å²) in [4.78, 5) is 0. The third-order valence-electron chi connectivity index (χ3n) is 4.34. The van der Waals surface area contributed by atoms with E-state index in [-0.39, 0.29) is 6.04 Å². The lowest BCUT2D eigenvalue weighted by Gasteiger charge is -2.29. The summed E-state index contributed by atoms with van der Waals surface area (Å²) in [5.74, 6) is 0.923. The number of aromatic nitrogens is 1. The molecule has 2 unspecified atom stereocenters. The summed E-state index contributed by atoms with van der Waals surface area (Å²) < 4.78 is 5.29. The maximum Gasteiger partial charge on any atom is 0.138 e. The number of nitrogens with one attached hydrogen (secondary N) is 1. The van der Waals surface area contributed by atoms with Crippen molar-refractivity contribution in [3.8, 4) is 0 Å². The largest absolute Gasteiger partial charge is 0.361 e. The summed E-state index contributed by atoms with van der Waals surface area (Å²) in [5, 5.41) is 7.82. The number of rotatable bonds is 3. The van der Waals surface area contributed by atoms with Gasteiger partial charge in [0.1, 0.15) is 5.76 Å². The number of benzene rings is 1. The van der Waals surface area contributed by atoms with Gasteiger partial charge < -0.3 is 9.84 Å². The normalized spacial score (nSPS) is 19.6. The van der Waals surface area contributed by atoms with Crippen LogP contribution in [0.5, 0.6) is 0 Å². The van der Waals surface area contributed by atoms with E-state index < -0.39 is 0 Å². The zero-order valence-electron chi connectivity index (χ0n) is 12.4. The van der Waals surface area contributed by atoms with Gasteiger partial charge in [0.25, 0.3) is 0 Å². The van der Waals surface area contributed by atoms with Crippen LogP contribution in [0.25, 0.3) is 0 Å². The minimum Gasteiger partial charge on any atom is -0.361 e. The third-order valence-corrected chi connectivity index (χ3v) is 4.34. The second-order valence-electron chi connectivity index (χ2n) is 5.77. The van der Waals surface area contributed by atoms with Gasteiger partial charge in [-0.2, -0.15) is 0 Å². The first kappa shape index (κ1) is 13.4. The molecule has 0 bridgehead atoms. The molecule has 0 saturated heterocycles. The summed E-state index contributed by atoms with van der Waals surface area (Å²) in [6, 6.07) is 9.48. The van der Waals surface area contributed by atoms with Crippen molar-refractivity contribution in [2.45, 2.75) is 52.1 Å². The number of fused-ring (bicyclic) bond motifs is 1. The highest BCUT2D eigenvalue weighted by Crippen LogP contribution is 2.32. The van der Waals surface area contributed by atoms with Gasteiger partial charge in [0.15, 0.2) is 0 Å². The van der Waals surface area contributed by atoms with Gasteiger partial charge in [-0.1, -0.05) is 29.4 Å². The van der Waals surface area contributed by atoms with Gasteiger partial charge in [-0.3, -0.25) is 0 Å². The molecule has 2 aromatic rings. The first-order valence-electron chi connectivity index (χ1n) is 7.43. The number of nitrogens with zero attached hydrogens (tertiary/aromatic N) is 1. The average Bonchev–Trinajstić information content (AvgIpc) is 2.78. The number of hydrogen-bond donors (Lipinski definition) is 1. The number of aryl methyl sites for hydroxylation is 3. The van der Waals surface area contributed by atoms with Crippen molar-refractivity contribution in [1.29, 1.82) is 0 Å². The van der Waals surface area contributed by atoms with Crippen LogP contribution < -0.4 is 5.32 Å². The van der Waals surface area contributed by atoms with Gasteiger partial charge in [-0.05, 0) is 51.2 Å². The summed E-state index contributed by atoms with van der Waals surface area (Å²) in [7, 11) is 0. The van der Waals surface area contributed by atoms with Crippen molar-refractivity contribution in [3.63, 3.8) is 0 Å². The molecule has 1 aliphatic rings. The predicted octanol–water partition coefficient (Wildman–Crippen LogP) is 4.02. The van der Waals surface area contributed by atoms with Gasteiger partial charge in [0.2, 0.25) is 0 Å². The lowest BCUT2D eigenvalue weighted by Crippen LogP contribution is -2.28. The first-order valence-corrected chi connectivity index (χ1v) is 7.43. The summed E-state index contributed by atoms with van der Waals surface area (Å²) in [5.41, 5.74) is 5.14. The Labute approximate surface area is 120 Å². The molecule has 0 saturated carbocycles. The van der Waals surface area contributed by atoms with Crippen LogP contribution in [0.4, 0.5) is 0 Å². The standard InChI is InChI=1S/C17H22N2O/c1-11(17-12(2)19-20-13(17)3)18-16-10-6-8-14-7-4-5-9-15(14)16/h4-5,7,9,11,16,18H,6,8,10H2,1-3H3. The fraction of sp³-hybridized carbons (Fsp3) is 0.471. The molecule has 3 rings (SSSR count). The Balaban J connectivity index is 1.82. The molecule has 1 aromatic heterocycles. The molecular formula is C17H22N2O. The van der Waals surface area contributed by atoms with Crippen LogP contribution in [0.3, 0.4) is 0 Å². The Morgan fingerprint density at radius 1 is 1.30 bits per heavy atom. The first-order chi connectivity index (χ1) is 9.66. The van der Waals surface area contributed by atoms with E-state index in [4.69, 9.17) is 4.52 Å². The van der Waals surface area contributed by atoms with E-state index in [0.29, 0.717) is 6.04 Å². The van der Waals surface area contributed by atoms with Crippen LogP contribution in [0, 0.1) is 13.8 Å². The van der Waals surface area contributed by atoms with Crippen molar-refractivity contribution < 1.29 is 4.52 Å². The average molecular weight is 270 g/mol. The summed E-state index contributed by atoms with van der Waals surface area (Å²) in [6.07, 6.45) is 3.65. The van der Waals surface area contributed by atoms with Gasteiger partial charge in [-0.15, -0.1) is 0 Å². The van der Waals surface area contributed by atoms with Gasteiger partial charge >= 0.3 is 0 Å². The highest BCUT2D eigenvalue weighted by atomic mass is 16.5. The summed E-state index contributed by atoms with van der Waals surface area (Å²) in [6.45, 7) is 6.20. The smallest absolute Gasteiger partial charge is 0.138 e. The van der Waals surface area contributed by atoms with E-state index in [1.807, 2.05) is 13.8 Å². The monoisotopic (exact) mass is 270 g/mol. The van der Waals surface area contributed by atoms with Gasteiger partial charge in [-0.25, -0.2) is 0 Å². The Morgan fingerprint density at radius 3 is 2.85 bits per heavy atom. The number of hydrogen-bond acceptors (Lipinski definition) is 3. The van der Waals surface area contributed by atoms with Gasteiger partial charge in [0.05, 0.1) is 5.69 Å². The van der Waals surface area contributed by atoms with Crippen LogP contribution in [0.2, 0.25) is 0 Å². The third kappa shape index (κ3) is 2.38. The van der Waals surface area contributed by atoms with Crippen molar-refractivity contribution >= 4 is 0 Å². The molecular weight excluding hydrogens is 248 g/mol. The van der Waals surface area contributed by atoms with E-state index in [9.17, 15) is 0 Å². The second kappa shape index (κ2) is 5.41. The van der Waals surface area contributed by atoms with Crippen molar-refractivity contribution in [2.75, 3.05) is 0 Å². The van der Waals surface area contributed by atoms with Crippen LogP contribution >= 0.6 is 0 Å². The minimum atomic E-state index is 0.261. The molecule has 2 atom stereocenters. The topological polar surface area (TPSA) is 38.1 Å². The molecule has 1 heterocycles. The maximum absolute atomic E-state index is 5.29. The van der Waals surface area contributed by atoms with E-state index in [1.54, 1.807) is 0 Å². The molecule has 0 amide bonds. The highest BCUT2D eigenvalue weighted by Gasteiger charge is 2.24. The zero-order chi connectivity index (χ0) is 14.1. The molecule has 0 spiro atoms. The van der Waals surface area contributed by atoms with Crippen molar-refractivity contribution in [3.05, 3.63) is 52.4 Å². The van der Waals surface area contributed by atoms with E-state index >= 15 is 0 Å². The Hall–Kier alpha value is -1.61. The van der Waals surface area contributed by atoms with Crippen molar-refractivity contribution in [1.82, 2.24) is 10.5 Å². The molecule has 20 heavy (non-hydrogen) atoms. The Morgan fingerprint density at radius 2 is 2.10 bits per heavy atom. The fourth-order valence-electron chi connectivity index (χ4n) is 3.42. The molecule has 0 aliphatic heterocycles.